The molecule has 1 aliphatic carbocycles. The molecule has 0 heterocycles. The van der Waals surface area contributed by atoms with E-state index in [1.807, 2.05) is 13.8 Å². The molecular weight excluding hydrogens is 128 g/mol. The van der Waals surface area contributed by atoms with Gasteiger partial charge in [-0.05, 0) is 26.2 Å². The molecule has 0 radical (unpaired) electrons. The maximum atomic E-state index is 11.1. The molecule has 0 bridgehead atoms. The Labute approximate surface area is 61.6 Å². The highest BCUT2D eigenvalue weighted by Crippen LogP contribution is 2.52. The van der Waals surface area contributed by atoms with Gasteiger partial charge < -0.3 is 4.74 Å². The second-order valence-corrected chi connectivity index (χ2v) is 3.24. The molecule has 1 saturated carbocycles. The predicted molar refractivity (Wildman–Crippen MR) is 38.5 cm³/mol. The van der Waals surface area contributed by atoms with Crippen LogP contribution in [0.15, 0.2) is 0 Å². The zero-order chi connectivity index (χ0) is 7.78. The molecule has 2 heteroatoms. The first-order valence-corrected chi connectivity index (χ1v) is 3.78. The Morgan fingerprint density at radius 3 is 2.60 bits per heavy atom. The van der Waals surface area contributed by atoms with Crippen molar-refractivity contribution in [2.24, 2.45) is 11.3 Å². The number of esters is 1. The molecule has 2 atom stereocenters. The van der Waals surface area contributed by atoms with Crippen molar-refractivity contribution < 1.29 is 9.53 Å². The first-order valence-electron chi connectivity index (χ1n) is 3.78. The molecule has 0 saturated heterocycles. The second kappa shape index (κ2) is 2.26. The summed E-state index contributed by atoms with van der Waals surface area (Å²) in [4.78, 5) is 11.1. The summed E-state index contributed by atoms with van der Waals surface area (Å²) in [6.45, 7) is 6.39. The molecule has 2 nitrogen and oxygen atoms in total. The topological polar surface area (TPSA) is 26.3 Å². The molecule has 1 aliphatic rings. The molecule has 0 amide bonds. The van der Waals surface area contributed by atoms with E-state index in [1.54, 1.807) is 0 Å². The minimum absolute atomic E-state index is 0.0255. The largest absolute Gasteiger partial charge is 0.466 e. The number of ether oxygens (including phenoxy) is 1. The molecule has 10 heavy (non-hydrogen) atoms. The lowest BCUT2D eigenvalue weighted by Crippen LogP contribution is -2.17. The first-order chi connectivity index (χ1) is 4.61. The van der Waals surface area contributed by atoms with Gasteiger partial charge in [-0.1, -0.05) is 6.92 Å². The van der Waals surface area contributed by atoms with Crippen LogP contribution < -0.4 is 0 Å². The van der Waals surface area contributed by atoms with Gasteiger partial charge in [0.2, 0.25) is 0 Å². The van der Waals surface area contributed by atoms with Crippen LogP contribution in [0.4, 0.5) is 0 Å². The maximum absolute atomic E-state index is 11.1. The number of hydrogen-bond donors (Lipinski definition) is 0. The average molecular weight is 142 g/mol. The third kappa shape index (κ3) is 1.02. The van der Waals surface area contributed by atoms with Gasteiger partial charge >= 0.3 is 5.97 Å². The number of hydrogen-bond acceptors (Lipinski definition) is 2. The van der Waals surface area contributed by atoms with Crippen LogP contribution in [0.25, 0.3) is 0 Å². The number of carbonyl (C=O) groups is 1. The molecule has 1 fully saturated rings. The van der Waals surface area contributed by atoms with Crippen LogP contribution in [0.5, 0.6) is 0 Å². The summed E-state index contributed by atoms with van der Waals surface area (Å²) in [7, 11) is 0. The van der Waals surface area contributed by atoms with Crippen LogP contribution in [-0.2, 0) is 9.53 Å². The number of carbonyl (C=O) groups excluding carboxylic acids is 1. The summed E-state index contributed by atoms with van der Waals surface area (Å²) < 4.78 is 4.90. The minimum Gasteiger partial charge on any atom is -0.466 e. The van der Waals surface area contributed by atoms with Crippen molar-refractivity contribution in [2.75, 3.05) is 6.61 Å². The number of rotatable bonds is 2. The Morgan fingerprint density at radius 1 is 1.80 bits per heavy atom. The van der Waals surface area contributed by atoms with Crippen LogP contribution in [0.1, 0.15) is 27.2 Å². The fourth-order valence-electron chi connectivity index (χ4n) is 1.16. The maximum Gasteiger partial charge on any atom is 0.312 e. The standard InChI is InChI=1S/C8H14O2/c1-4-10-7(9)8(3)5-6(8)2/h6H,4-5H2,1-3H3/t6-,8+/m1/s1. The Kier molecular flexibility index (Phi) is 1.71. The van der Waals surface area contributed by atoms with Gasteiger partial charge in [0.1, 0.15) is 0 Å². The van der Waals surface area contributed by atoms with Gasteiger partial charge in [-0.2, -0.15) is 0 Å². The van der Waals surface area contributed by atoms with E-state index in [4.69, 9.17) is 4.74 Å². The van der Waals surface area contributed by atoms with Crippen molar-refractivity contribution in [1.29, 1.82) is 0 Å². The molecule has 1 rings (SSSR count). The lowest BCUT2D eigenvalue weighted by molar-refractivity contribution is -0.149. The van der Waals surface area contributed by atoms with Crippen LogP contribution in [0, 0.1) is 11.3 Å². The zero-order valence-electron chi connectivity index (χ0n) is 6.81. The minimum atomic E-state index is -0.143. The van der Waals surface area contributed by atoms with E-state index in [9.17, 15) is 4.79 Å². The van der Waals surface area contributed by atoms with Crippen molar-refractivity contribution in [2.45, 2.75) is 27.2 Å². The van der Waals surface area contributed by atoms with Gasteiger partial charge in [-0.25, -0.2) is 0 Å². The van der Waals surface area contributed by atoms with Gasteiger partial charge in [-0.15, -0.1) is 0 Å². The van der Waals surface area contributed by atoms with E-state index >= 15 is 0 Å². The van der Waals surface area contributed by atoms with Gasteiger partial charge in [0.25, 0.3) is 0 Å². The van der Waals surface area contributed by atoms with E-state index in [0.29, 0.717) is 12.5 Å². The highest BCUT2D eigenvalue weighted by atomic mass is 16.5. The van der Waals surface area contributed by atoms with Crippen molar-refractivity contribution in [1.82, 2.24) is 0 Å². The Bertz CT molecular complexity index is 153. The third-order valence-corrected chi connectivity index (χ3v) is 2.40. The molecule has 0 aromatic rings. The van der Waals surface area contributed by atoms with Crippen molar-refractivity contribution >= 4 is 5.97 Å². The van der Waals surface area contributed by atoms with Crippen LogP contribution in [-0.4, -0.2) is 12.6 Å². The van der Waals surface area contributed by atoms with E-state index in [1.165, 1.54) is 0 Å². The molecule has 0 aromatic heterocycles. The lowest BCUT2D eigenvalue weighted by atomic mass is 10.1. The predicted octanol–water partition coefficient (Wildman–Crippen LogP) is 1.60. The molecule has 0 N–H and O–H groups in total. The molecular formula is C8H14O2. The normalized spacial score (nSPS) is 37.3. The summed E-state index contributed by atoms with van der Waals surface area (Å²) in [5, 5.41) is 0. The van der Waals surface area contributed by atoms with E-state index in [0.717, 1.165) is 6.42 Å². The lowest BCUT2D eigenvalue weighted by Gasteiger charge is -2.07. The van der Waals surface area contributed by atoms with E-state index in [-0.39, 0.29) is 11.4 Å². The first kappa shape index (κ1) is 7.58. The highest BCUT2D eigenvalue weighted by Gasteiger charge is 2.54. The highest BCUT2D eigenvalue weighted by molar-refractivity contribution is 5.79. The summed E-state index contributed by atoms with van der Waals surface area (Å²) in [5.41, 5.74) is -0.143. The molecule has 58 valence electrons. The smallest absolute Gasteiger partial charge is 0.312 e. The molecule has 0 unspecified atom stereocenters. The SMILES string of the molecule is CCOC(=O)[C@@]1(C)C[C@H]1C. The van der Waals surface area contributed by atoms with Crippen molar-refractivity contribution in [3.05, 3.63) is 0 Å². The fraction of sp³-hybridized carbons (Fsp3) is 0.875. The van der Waals surface area contributed by atoms with Crippen molar-refractivity contribution in [3.63, 3.8) is 0 Å². The quantitative estimate of drug-likeness (QED) is 0.547. The summed E-state index contributed by atoms with van der Waals surface area (Å²) >= 11 is 0. The van der Waals surface area contributed by atoms with E-state index < -0.39 is 0 Å². The van der Waals surface area contributed by atoms with Gasteiger partial charge in [0.15, 0.2) is 0 Å². The summed E-state index contributed by atoms with van der Waals surface area (Å²) in [5.74, 6) is 0.494. The van der Waals surface area contributed by atoms with Crippen molar-refractivity contribution in [3.8, 4) is 0 Å². The third-order valence-electron chi connectivity index (χ3n) is 2.40. The molecule has 0 spiro atoms. The monoisotopic (exact) mass is 142 g/mol. The molecule has 0 aromatic carbocycles. The van der Waals surface area contributed by atoms with Gasteiger partial charge in [0, 0.05) is 0 Å². The van der Waals surface area contributed by atoms with Gasteiger partial charge in [0.05, 0.1) is 12.0 Å². The Hall–Kier alpha value is -0.530. The van der Waals surface area contributed by atoms with Gasteiger partial charge in [-0.3, -0.25) is 4.79 Å². The Morgan fingerprint density at radius 2 is 2.30 bits per heavy atom. The molecule has 0 aliphatic heterocycles. The average Bonchev–Trinajstić information content (AvgIpc) is 2.43. The fourth-order valence-corrected chi connectivity index (χ4v) is 1.16. The summed E-state index contributed by atoms with van der Waals surface area (Å²) in [6.07, 6.45) is 0.992. The van der Waals surface area contributed by atoms with Crippen LogP contribution in [0.3, 0.4) is 0 Å². The zero-order valence-corrected chi connectivity index (χ0v) is 6.81. The van der Waals surface area contributed by atoms with Crippen LogP contribution in [0.2, 0.25) is 0 Å². The van der Waals surface area contributed by atoms with E-state index in [2.05, 4.69) is 6.92 Å². The van der Waals surface area contributed by atoms with Crippen LogP contribution >= 0.6 is 0 Å². The summed E-state index contributed by atoms with van der Waals surface area (Å²) in [6, 6.07) is 0. The second-order valence-electron chi connectivity index (χ2n) is 3.24. The Balaban J connectivity index is 2.43.